The first-order chi connectivity index (χ1) is 9.93. The van der Waals surface area contributed by atoms with Gasteiger partial charge in [-0.2, -0.15) is 0 Å². The highest BCUT2D eigenvalue weighted by Gasteiger charge is 2.21. The van der Waals surface area contributed by atoms with E-state index in [0.29, 0.717) is 6.54 Å². The molecule has 1 aliphatic heterocycles. The van der Waals surface area contributed by atoms with Gasteiger partial charge in [0.1, 0.15) is 5.71 Å². The summed E-state index contributed by atoms with van der Waals surface area (Å²) in [7, 11) is 0. The van der Waals surface area contributed by atoms with E-state index in [9.17, 15) is 0 Å². The molecule has 2 heteroatoms. The summed E-state index contributed by atoms with van der Waals surface area (Å²) in [5.41, 5.74) is 5.60. The molecule has 2 nitrogen and oxygen atoms in total. The predicted octanol–water partition coefficient (Wildman–Crippen LogP) is 4.30. The van der Waals surface area contributed by atoms with Crippen molar-refractivity contribution >= 4 is 5.71 Å². The standard InChI is InChI=1S/C18H13NO/c1-2-6-13(7-3-1)17-18-16(10-11-20-18)15-9-5-4-8-14(15)12-19-17/h1-11H,12H2. The molecule has 0 amide bonds. The second-order valence-corrected chi connectivity index (χ2v) is 4.85. The lowest BCUT2D eigenvalue weighted by Gasteiger charge is -2.04. The molecule has 0 atom stereocenters. The van der Waals surface area contributed by atoms with Gasteiger partial charge in [-0.25, -0.2) is 0 Å². The molecule has 0 saturated heterocycles. The molecule has 0 fully saturated rings. The van der Waals surface area contributed by atoms with Crippen LogP contribution < -0.4 is 0 Å². The fraction of sp³-hybridized carbons (Fsp3) is 0.0556. The molecule has 2 aromatic carbocycles. The number of rotatable bonds is 1. The minimum absolute atomic E-state index is 0.685. The Labute approximate surface area is 117 Å². The molecule has 0 saturated carbocycles. The van der Waals surface area contributed by atoms with Gasteiger partial charge in [-0.05, 0) is 17.2 Å². The molecule has 0 bridgehead atoms. The molecular weight excluding hydrogens is 246 g/mol. The number of benzene rings is 2. The second kappa shape index (κ2) is 4.49. The summed E-state index contributed by atoms with van der Waals surface area (Å²) >= 11 is 0. The number of hydrogen-bond acceptors (Lipinski definition) is 2. The van der Waals surface area contributed by atoms with Crippen LogP contribution in [0.2, 0.25) is 0 Å². The highest BCUT2D eigenvalue weighted by Crippen LogP contribution is 2.33. The number of furan rings is 1. The maximum atomic E-state index is 5.73. The van der Waals surface area contributed by atoms with Crippen molar-refractivity contribution in [3.05, 3.63) is 83.8 Å². The van der Waals surface area contributed by atoms with E-state index in [1.807, 2.05) is 24.3 Å². The average molecular weight is 259 g/mol. The molecule has 0 radical (unpaired) electrons. The molecule has 0 spiro atoms. The lowest BCUT2D eigenvalue weighted by Crippen LogP contribution is -2.02. The van der Waals surface area contributed by atoms with Crippen LogP contribution in [-0.2, 0) is 6.54 Å². The van der Waals surface area contributed by atoms with Crippen molar-refractivity contribution in [2.75, 3.05) is 0 Å². The van der Waals surface area contributed by atoms with Crippen LogP contribution in [0.3, 0.4) is 0 Å². The topological polar surface area (TPSA) is 25.5 Å². The monoisotopic (exact) mass is 259 g/mol. The average Bonchev–Trinajstić information content (AvgIpc) is 2.93. The van der Waals surface area contributed by atoms with Crippen molar-refractivity contribution in [3.8, 4) is 11.1 Å². The summed E-state index contributed by atoms with van der Waals surface area (Å²) in [6.07, 6.45) is 1.74. The SMILES string of the molecule is c1ccc(C2=NCc3ccccc3-c3ccoc32)cc1. The van der Waals surface area contributed by atoms with E-state index >= 15 is 0 Å². The maximum Gasteiger partial charge on any atom is 0.160 e. The molecule has 4 rings (SSSR count). The zero-order valence-electron chi connectivity index (χ0n) is 10.9. The van der Waals surface area contributed by atoms with Gasteiger partial charge in [-0.15, -0.1) is 0 Å². The number of nitrogens with zero attached hydrogens (tertiary/aromatic N) is 1. The summed E-state index contributed by atoms with van der Waals surface area (Å²) < 4.78 is 5.73. The van der Waals surface area contributed by atoms with E-state index in [2.05, 4.69) is 36.4 Å². The molecule has 1 aromatic heterocycles. The van der Waals surface area contributed by atoms with Crippen LogP contribution in [0.15, 0.2) is 76.3 Å². The molecule has 2 heterocycles. The number of aliphatic imine (C=N–C) groups is 1. The van der Waals surface area contributed by atoms with Crippen molar-refractivity contribution in [2.45, 2.75) is 6.54 Å². The Bertz CT molecular complexity index is 784. The van der Waals surface area contributed by atoms with E-state index in [1.165, 1.54) is 11.1 Å². The van der Waals surface area contributed by atoms with Crippen LogP contribution in [0.1, 0.15) is 16.9 Å². The lowest BCUT2D eigenvalue weighted by atomic mass is 9.98. The normalized spacial score (nSPS) is 13.1. The predicted molar refractivity (Wildman–Crippen MR) is 79.9 cm³/mol. The maximum absolute atomic E-state index is 5.73. The first-order valence-corrected chi connectivity index (χ1v) is 6.69. The quantitative estimate of drug-likeness (QED) is 0.639. The summed E-state index contributed by atoms with van der Waals surface area (Å²) in [6.45, 7) is 0.685. The Balaban J connectivity index is 1.96. The Hall–Kier alpha value is -2.61. The van der Waals surface area contributed by atoms with Crippen molar-refractivity contribution in [3.63, 3.8) is 0 Å². The lowest BCUT2D eigenvalue weighted by molar-refractivity contribution is 0.558. The zero-order chi connectivity index (χ0) is 13.4. The summed E-state index contributed by atoms with van der Waals surface area (Å²) in [4.78, 5) is 4.77. The first kappa shape index (κ1) is 11.2. The number of fused-ring (bicyclic) bond motifs is 3. The fourth-order valence-electron chi connectivity index (χ4n) is 2.68. The third kappa shape index (κ3) is 1.69. The van der Waals surface area contributed by atoms with Crippen molar-refractivity contribution in [1.29, 1.82) is 0 Å². The highest BCUT2D eigenvalue weighted by atomic mass is 16.3. The molecule has 96 valence electrons. The van der Waals surface area contributed by atoms with E-state index in [4.69, 9.17) is 9.41 Å². The van der Waals surface area contributed by atoms with Gasteiger partial charge in [0.25, 0.3) is 0 Å². The molecule has 20 heavy (non-hydrogen) atoms. The van der Waals surface area contributed by atoms with Gasteiger partial charge >= 0.3 is 0 Å². The Morgan fingerprint density at radius 3 is 2.50 bits per heavy atom. The molecule has 0 aliphatic carbocycles. The second-order valence-electron chi connectivity index (χ2n) is 4.85. The minimum atomic E-state index is 0.685. The van der Waals surface area contributed by atoms with Gasteiger partial charge in [-0.3, -0.25) is 4.99 Å². The first-order valence-electron chi connectivity index (χ1n) is 6.69. The van der Waals surface area contributed by atoms with Gasteiger partial charge in [0, 0.05) is 11.1 Å². The largest absolute Gasteiger partial charge is 0.462 e. The highest BCUT2D eigenvalue weighted by molar-refractivity contribution is 6.15. The van der Waals surface area contributed by atoms with Crippen LogP contribution >= 0.6 is 0 Å². The van der Waals surface area contributed by atoms with Gasteiger partial charge in [0.2, 0.25) is 0 Å². The Morgan fingerprint density at radius 1 is 0.800 bits per heavy atom. The van der Waals surface area contributed by atoms with Crippen molar-refractivity contribution in [2.24, 2.45) is 4.99 Å². The third-order valence-corrected chi connectivity index (χ3v) is 3.64. The molecular formula is C18H13NO. The van der Waals surface area contributed by atoms with E-state index in [-0.39, 0.29) is 0 Å². The number of hydrogen-bond donors (Lipinski definition) is 0. The Morgan fingerprint density at radius 2 is 1.60 bits per heavy atom. The van der Waals surface area contributed by atoms with E-state index in [1.54, 1.807) is 6.26 Å². The van der Waals surface area contributed by atoms with Gasteiger partial charge in [-0.1, -0.05) is 54.6 Å². The Kier molecular flexibility index (Phi) is 2.52. The summed E-state index contributed by atoms with van der Waals surface area (Å²) in [5.74, 6) is 0.862. The fourth-order valence-corrected chi connectivity index (χ4v) is 2.68. The van der Waals surface area contributed by atoms with Crippen LogP contribution in [-0.4, -0.2) is 5.71 Å². The molecule has 1 aliphatic rings. The third-order valence-electron chi connectivity index (χ3n) is 3.64. The van der Waals surface area contributed by atoms with Crippen LogP contribution in [0.25, 0.3) is 11.1 Å². The minimum Gasteiger partial charge on any atom is -0.462 e. The summed E-state index contributed by atoms with van der Waals surface area (Å²) in [6, 6.07) is 20.6. The molecule has 0 unspecified atom stereocenters. The van der Waals surface area contributed by atoms with E-state index in [0.717, 1.165) is 22.6 Å². The van der Waals surface area contributed by atoms with Gasteiger partial charge in [0.05, 0.1) is 12.8 Å². The van der Waals surface area contributed by atoms with Gasteiger partial charge in [0.15, 0.2) is 5.76 Å². The molecule has 3 aromatic rings. The van der Waals surface area contributed by atoms with Gasteiger partial charge < -0.3 is 4.42 Å². The summed E-state index contributed by atoms with van der Waals surface area (Å²) in [5, 5.41) is 0. The van der Waals surface area contributed by atoms with Crippen LogP contribution in [0.4, 0.5) is 0 Å². The van der Waals surface area contributed by atoms with Crippen LogP contribution in [0.5, 0.6) is 0 Å². The smallest absolute Gasteiger partial charge is 0.160 e. The zero-order valence-corrected chi connectivity index (χ0v) is 10.9. The van der Waals surface area contributed by atoms with Crippen molar-refractivity contribution in [1.82, 2.24) is 0 Å². The molecule has 0 N–H and O–H groups in total. The van der Waals surface area contributed by atoms with Crippen LogP contribution in [0, 0.1) is 0 Å². The van der Waals surface area contributed by atoms with E-state index < -0.39 is 0 Å². The van der Waals surface area contributed by atoms with Crippen molar-refractivity contribution < 1.29 is 4.42 Å².